The summed E-state index contributed by atoms with van der Waals surface area (Å²) in [5, 5.41) is 17.9. The van der Waals surface area contributed by atoms with Crippen LogP contribution in [0.2, 0.25) is 0 Å². The van der Waals surface area contributed by atoms with Gasteiger partial charge in [0, 0.05) is 50.7 Å². The number of hydrogen-bond acceptors (Lipinski definition) is 8. The van der Waals surface area contributed by atoms with Gasteiger partial charge in [-0.1, -0.05) is 5.16 Å². The molecule has 0 aliphatic heterocycles. The number of alkyl halides is 4. The molecule has 6 rings (SSSR count). The van der Waals surface area contributed by atoms with Gasteiger partial charge >= 0.3 is 0 Å². The summed E-state index contributed by atoms with van der Waals surface area (Å²) in [4.78, 5) is 30.6. The molecule has 0 spiro atoms. The highest BCUT2D eigenvalue weighted by atomic mass is 19.3. The Morgan fingerprint density at radius 2 is 1.84 bits per heavy atom. The standard InChI is InChI=1S/C28H33F4N7O4/c1-42-14-20(35-22(40)8-15-10-28(31,32)11-15)18-9-21-34-19(13-39(21)33-12-18)23(17-4-6-27(29,30)7-5-17)36-26(41)25-24(16-2-3-16)37-43-38-25/h9,12-13,15-17,20,23H,2-8,10-11,14H2,1H3,(H,35,40)(H,36,41)/t20?,23-/m0/s1. The number of rotatable bonds is 11. The number of methoxy groups -OCH3 is 1. The molecule has 3 aromatic rings. The van der Waals surface area contributed by atoms with Crippen molar-refractivity contribution in [3.63, 3.8) is 0 Å². The largest absolute Gasteiger partial charge is 0.382 e. The third-order valence-electron chi connectivity index (χ3n) is 8.61. The van der Waals surface area contributed by atoms with Crippen molar-refractivity contribution in [3.05, 3.63) is 41.1 Å². The van der Waals surface area contributed by atoms with Crippen LogP contribution in [0.4, 0.5) is 17.6 Å². The Hall–Kier alpha value is -3.62. The molecule has 3 aliphatic carbocycles. The molecule has 3 fully saturated rings. The fraction of sp³-hybridized carbons (Fsp3) is 0.643. The minimum Gasteiger partial charge on any atom is -0.382 e. The molecule has 0 aromatic carbocycles. The smallest absolute Gasteiger partial charge is 0.276 e. The third kappa shape index (κ3) is 6.65. The lowest BCUT2D eigenvalue weighted by Gasteiger charge is -2.34. The predicted octanol–water partition coefficient (Wildman–Crippen LogP) is 4.53. The predicted molar refractivity (Wildman–Crippen MR) is 141 cm³/mol. The molecule has 11 nitrogen and oxygen atoms in total. The van der Waals surface area contributed by atoms with Crippen molar-refractivity contribution >= 4 is 17.5 Å². The topological polar surface area (TPSA) is 137 Å². The first-order valence-electron chi connectivity index (χ1n) is 14.5. The molecule has 3 aromatic heterocycles. The molecule has 2 amide bonds. The van der Waals surface area contributed by atoms with Gasteiger partial charge in [0.25, 0.3) is 5.91 Å². The SMILES string of the molecule is COCC(NC(=O)CC1CC(F)(F)C1)c1cnn2cc([C@@H](NC(=O)c3nonc3C3CC3)C3CCC(F)(F)CC3)nc2c1. The Morgan fingerprint density at radius 3 is 2.51 bits per heavy atom. The molecule has 0 bridgehead atoms. The maximum absolute atomic E-state index is 14.0. The Morgan fingerprint density at radius 1 is 1.09 bits per heavy atom. The summed E-state index contributed by atoms with van der Waals surface area (Å²) >= 11 is 0. The van der Waals surface area contributed by atoms with Crippen LogP contribution in [0.25, 0.3) is 5.65 Å². The minimum atomic E-state index is -2.75. The Labute approximate surface area is 244 Å². The van der Waals surface area contributed by atoms with Crippen molar-refractivity contribution in [2.45, 2.75) is 87.6 Å². The lowest BCUT2D eigenvalue weighted by Crippen LogP contribution is -2.40. The quantitative estimate of drug-likeness (QED) is 0.304. The van der Waals surface area contributed by atoms with E-state index in [-0.39, 0.29) is 80.9 Å². The summed E-state index contributed by atoms with van der Waals surface area (Å²) in [6.07, 6.45) is 4.12. The van der Waals surface area contributed by atoms with Gasteiger partial charge in [-0.05, 0) is 48.7 Å². The van der Waals surface area contributed by atoms with Gasteiger partial charge in [-0.3, -0.25) is 9.59 Å². The van der Waals surface area contributed by atoms with Gasteiger partial charge in [0.2, 0.25) is 17.8 Å². The first-order valence-corrected chi connectivity index (χ1v) is 14.5. The van der Waals surface area contributed by atoms with Crippen LogP contribution in [0.15, 0.2) is 23.1 Å². The second-order valence-electron chi connectivity index (χ2n) is 12.1. The maximum Gasteiger partial charge on any atom is 0.276 e. The number of nitrogens with one attached hydrogen (secondary N) is 2. The number of carbonyl (C=O) groups excluding carboxylic acids is 2. The van der Waals surface area contributed by atoms with Gasteiger partial charge in [-0.15, -0.1) is 0 Å². The molecule has 15 heteroatoms. The normalized spacial score (nSPS) is 21.7. The second kappa shape index (κ2) is 11.5. The summed E-state index contributed by atoms with van der Waals surface area (Å²) in [6.45, 7) is 0.113. The van der Waals surface area contributed by atoms with Crippen LogP contribution in [0.1, 0.15) is 103 Å². The van der Waals surface area contributed by atoms with Crippen LogP contribution in [0.3, 0.4) is 0 Å². The first-order chi connectivity index (χ1) is 20.5. The molecule has 3 aliphatic rings. The minimum absolute atomic E-state index is 0.00961. The molecular weight excluding hydrogens is 574 g/mol. The van der Waals surface area contributed by atoms with E-state index >= 15 is 0 Å². The van der Waals surface area contributed by atoms with Crippen LogP contribution in [0.5, 0.6) is 0 Å². The number of amides is 2. The zero-order chi connectivity index (χ0) is 30.4. The third-order valence-corrected chi connectivity index (χ3v) is 8.61. The van der Waals surface area contributed by atoms with E-state index in [0.29, 0.717) is 22.6 Å². The summed E-state index contributed by atoms with van der Waals surface area (Å²) < 4.78 is 66.1. The van der Waals surface area contributed by atoms with Crippen molar-refractivity contribution in [2.24, 2.45) is 11.8 Å². The highest BCUT2D eigenvalue weighted by Crippen LogP contribution is 2.44. The summed E-state index contributed by atoms with van der Waals surface area (Å²) in [5.74, 6) is -6.89. The van der Waals surface area contributed by atoms with Crippen LogP contribution < -0.4 is 10.6 Å². The highest BCUT2D eigenvalue weighted by molar-refractivity contribution is 5.93. The fourth-order valence-corrected chi connectivity index (χ4v) is 6.10. The lowest BCUT2D eigenvalue weighted by atomic mass is 9.79. The van der Waals surface area contributed by atoms with Crippen molar-refractivity contribution in [1.29, 1.82) is 0 Å². The number of imidazole rings is 1. The van der Waals surface area contributed by atoms with Crippen LogP contribution in [-0.2, 0) is 9.53 Å². The highest BCUT2D eigenvalue weighted by Gasteiger charge is 2.46. The molecule has 1 unspecified atom stereocenters. The van der Waals surface area contributed by atoms with Gasteiger partial charge in [0.05, 0.1) is 36.8 Å². The van der Waals surface area contributed by atoms with E-state index in [9.17, 15) is 27.2 Å². The average Bonchev–Trinajstić information content (AvgIpc) is 3.50. The van der Waals surface area contributed by atoms with Gasteiger partial charge in [0.1, 0.15) is 5.69 Å². The van der Waals surface area contributed by atoms with Crippen molar-refractivity contribution in [2.75, 3.05) is 13.7 Å². The number of aromatic nitrogens is 5. The van der Waals surface area contributed by atoms with E-state index in [2.05, 4.69) is 26.0 Å². The van der Waals surface area contributed by atoms with E-state index in [1.807, 2.05) is 0 Å². The number of halogens is 4. The van der Waals surface area contributed by atoms with Gasteiger partial charge in [-0.25, -0.2) is 31.7 Å². The van der Waals surface area contributed by atoms with Gasteiger partial charge in [-0.2, -0.15) is 5.10 Å². The lowest BCUT2D eigenvalue weighted by molar-refractivity contribution is -0.134. The van der Waals surface area contributed by atoms with E-state index in [0.717, 1.165) is 12.8 Å². The molecule has 2 N–H and O–H groups in total. The Bertz CT molecular complexity index is 1470. The van der Waals surface area contributed by atoms with E-state index in [1.165, 1.54) is 17.8 Å². The number of carbonyl (C=O) groups is 2. The molecule has 3 saturated carbocycles. The molecular formula is C28H33F4N7O4. The maximum atomic E-state index is 14.0. The molecule has 2 atom stereocenters. The number of fused-ring (bicyclic) bond motifs is 1. The van der Waals surface area contributed by atoms with Gasteiger partial charge in [0.15, 0.2) is 11.3 Å². The van der Waals surface area contributed by atoms with E-state index < -0.39 is 29.8 Å². The molecule has 232 valence electrons. The van der Waals surface area contributed by atoms with E-state index in [1.54, 1.807) is 12.3 Å². The average molecular weight is 608 g/mol. The fourth-order valence-electron chi connectivity index (χ4n) is 6.10. The first kappa shape index (κ1) is 29.5. The summed E-state index contributed by atoms with van der Waals surface area (Å²) in [7, 11) is 1.48. The molecule has 43 heavy (non-hydrogen) atoms. The zero-order valence-electron chi connectivity index (χ0n) is 23.6. The van der Waals surface area contributed by atoms with Crippen LogP contribution in [0, 0.1) is 11.8 Å². The Balaban J connectivity index is 1.22. The summed E-state index contributed by atoms with van der Waals surface area (Å²) in [5.41, 5.74) is 2.01. The van der Waals surface area contributed by atoms with Crippen molar-refractivity contribution in [1.82, 2.24) is 35.5 Å². The number of nitrogens with zero attached hydrogens (tertiary/aromatic N) is 5. The van der Waals surface area contributed by atoms with Crippen LogP contribution in [-0.4, -0.2) is 62.3 Å². The molecule has 0 saturated heterocycles. The number of ether oxygens (including phenoxy) is 1. The Kier molecular flexibility index (Phi) is 7.86. The number of hydrogen-bond donors (Lipinski definition) is 2. The monoisotopic (exact) mass is 607 g/mol. The zero-order valence-corrected chi connectivity index (χ0v) is 23.6. The van der Waals surface area contributed by atoms with Gasteiger partial charge < -0.3 is 15.4 Å². The van der Waals surface area contributed by atoms with E-state index in [4.69, 9.17) is 14.3 Å². The van der Waals surface area contributed by atoms with Crippen LogP contribution >= 0.6 is 0 Å². The van der Waals surface area contributed by atoms with Crippen molar-refractivity contribution in [3.8, 4) is 0 Å². The summed E-state index contributed by atoms with van der Waals surface area (Å²) in [6, 6.07) is 0.401. The second-order valence-corrected chi connectivity index (χ2v) is 12.1. The molecule has 0 radical (unpaired) electrons. The van der Waals surface area contributed by atoms with Crippen molar-refractivity contribution < 1.29 is 36.5 Å². The molecule has 3 heterocycles.